The molecule has 3 amide bonds. The van der Waals surface area contributed by atoms with Crippen LogP contribution >= 0.6 is 0 Å². The smallest absolute Gasteiger partial charge is 0.359 e. The summed E-state index contributed by atoms with van der Waals surface area (Å²) in [4.78, 5) is 42.3. The Balaban J connectivity index is 2.04. The number of aromatic nitrogens is 1. The van der Waals surface area contributed by atoms with Gasteiger partial charge < -0.3 is 15.1 Å². The molecular weight excluding hydrogens is 438 g/mol. The number of likely N-dealkylation sites (N-methyl/N-ethyl adjacent to an activating group) is 1. The molecule has 32 heavy (non-hydrogen) atoms. The summed E-state index contributed by atoms with van der Waals surface area (Å²) in [6, 6.07) is 7.95. The molecule has 1 aromatic carbocycles. The first kappa shape index (κ1) is 23.4. The van der Waals surface area contributed by atoms with Gasteiger partial charge in [-0.15, -0.1) is 0 Å². The average Bonchev–Trinajstić information content (AvgIpc) is 2.92. The number of amides is 3. The number of carbonyl (C=O) groups is 3. The van der Waals surface area contributed by atoms with Crippen molar-refractivity contribution in [2.45, 2.75) is 42.2 Å². The van der Waals surface area contributed by atoms with Crippen LogP contribution < -0.4 is 0 Å². The fourth-order valence-corrected chi connectivity index (χ4v) is 5.01. The van der Waals surface area contributed by atoms with E-state index in [9.17, 15) is 33.0 Å². The fraction of sp³-hybridized carbons (Fsp3) is 0.333. The van der Waals surface area contributed by atoms with Crippen LogP contribution in [0.3, 0.4) is 0 Å². The molecule has 10 nitrogen and oxygen atoms in total. The lowest BCUT2D eigenvalue weighted by molar-refractivity contribution is -0.180. The van der Waals surface area contributed by atoms with Crippen molar-refractivity contribution in [3.05, 3.63) is 48.8 Å². The van der Waals surface area contributed by atoms with Crippen molar-refractivity contribution in [1.29, 1.82) is 0 Å². The van der Waals surface area contributed by atoms with Gasteiger partial charge in [-0.3, -0.25) is 9.78 Å². The van der Waals surface area contributed by atoms with E-state index in [0.29, 0.717) is 5.56 Å². The van der Waals surface area contributed by atoms with Gasteiger partial charge in [0.05, 0.1) is 4.90 Å². The Morgan fingerprint density at radius 3 is 2.00 bits per heavy atom. The quantitative estimate of drug-likeness (QED) is 0.613. The summed E-state index contributed by atoms with van der Waals surface area (Å²) in [5.74, 6) is -3.06. The fourth-order valence-electron chi connectivity index (χ4n) is 3.45. The minimum atomic E-state index is -4.49. The highest BCUT2D eigenvalue weighted by atomic mass is 32.2. The highest BCUT2D eigenvalue weighted by Gasteiger charge is 2.64. The Labute approximate surface area is 185 Å². The zero-order valence-corrected chi connectivity index (χ0v) is 18.7. The maximum Gasteiger partial charge on any atom is 0.359 e. The van der Waals surface area contributed by atoms with Crippen molar-refractivity contribution < 1.29 is 33.0 Å². The number of hydrogen-bond donors (Lipinski definition) is 2. The van der Waals surface area contributed by atoms with E-state index in [-0.39, 0.29) is 9.80 Å². The maximum absolute atomic E-state index is 13.2. The average molecular weight is 461 g/mol. The Bertz CT molecular complexity index is 1180. The summed E-state index contributed by atoms with van der Waals surface area (Å²) >= 11 is 0. The van der Waals surface area contributed by atoms with Gasteiger partial charge in [0.15, 0.2) is 9.84 Å². The highest BCUT2D eigenvalue weighted by molar-refractivity contribution is 7.92. The van der Waals surface area contributed by atoms with Crippen molar-refractivity contribution in [3.8, 4) is 11.1 Å². The molecule has 0 radical (unpaired) electrons. The number of carbonyl (C=O) groups excluding carboxylic acids is 2. The molecule has 1 aliphatic rings. The van der Waals surface area contributed by atoms with E-state index in [4.69, 9.17) is 0 Å². The summed E-state index contributed by atoms with van der Waals surface area (Å²) in [6.45, 7) is 3.69. The highest BCUT2D eigenvalue weighted by Crippen LogP contribution is 2.36. The molecule has 2 atom stereocenters. The third kappa shape index (κ3) is 3.33. The molecular formula is C21H23N3O7S. The minimum Gasteiger partial charge on any atom is -0.478 e. The third-order valence-electron chi connectivity index (χ3n) is 5.93. The zero-order chi connectivity index (χ0) is 24.1. The molecule has 0 saturated carbocycles. The number of aliphatic carboxylic acids is 1. The van der Waals surface area contributed by atoms with Crippen LogP contribution in [0.5, 0.6) is 0 Å². The second-order valence-corrected chi connectivity index (χ2v) is 10.3. The van der Waals surface area contributed by atoms with Gasteiger partial charge in [-0.05, 0) is 56.2 Å². The van der Waals surface area contributed by atoms with E-state index >= 15 is 0 Å². The Hall–Kier alpha value is -3.31. The number of imide groups is 1. The number of sulfone groups is 1. The SMILES string of the molecule is CC(C(O)(C(=O)O)N1C(=O)N(C)C(C)(C)C1=O)S(=O)(=O)c1ccc(-c2ccncc2)cc1. The third-order valence-corrected chi connectivity index (χ3v) is 8.12. The van der Waals surface area contributed by atoms with Crippen LogP contribution in [0.1, 0.15) is 20.8 Å². The standard InChI is InChI=1S/C21H23N3O7S/c1-13(21(29,18(26)27)24-17(25)20(2,3)23(4)19(24)28)32(30,31)16-7-5-14(6-8-16)15-9-11-22-12-10-15/h5-13,29H,1-4H3,(H,26,27). The summed E-state index contributed by atoms with van der Waals surface area (Å²) in [5, 5.41) is 18.8. The van der Waals surface area contributed by atoms with Gasteiger partial charge in [-0.2, -0.15) is 0 Å². The van der Waals surface area contributed by atoms with Crippen molar-refractivity contribution in [2.24, 2.45) is 0 Å². The molecule has 0 aliphatic carbocycles. The molecule has 2 N–H and O–H groups in total. The molecule has 11 heteroatoms. The summed E-state index contributed by atoms with van der Waals surface area (Å²) in [5.41, 5.74) is -3.30. The summed E-state index contributed by atoms with van der Waals surface area (Å²) in [6.07, 6.45) is 3.16. The number of pyridine rings is 1. The van der Waals surface area contributed by atoms with Gasteiger partial charge in [-0.1, -0.05) is 12.1 Å². The number of urea groups is 1. The number of carboxylic acid groups (broad SMARTS) is 1. The van der Waals surface area contributed by atoms with Crippen LogP contribution in [-0.4, -0.2) is 74.9 Å². The monoisotopic (exact) mass is 461 g/mol. The van der Waals surface area contributed by atoms with E-state index in [1.54, 1.807) is 24.5 Å². The van der Waals surface area contributed by atoms with Gasteiger partial charge in [0.1, 0.15) is 10.8 Å². The molecule has 0 spiro atoms. The van der Waals surface area contributed by atoms with Crippen LogP contribution in [0.15, 0.2) is 53.7 Å². The lowest BCUT2D eigenvalue weighted by Gasteiger charge is -2.35. The molecule has 1 aliphatic heterocycles. The zero-order valence-electron chi connectivity index (χ0n) is 17.9. The molecule has 3 rings (SSSR count). The van der Waals surface area contributed by atoms with E-state index in [2.05, 4.69) is 4.98 Å². The lowest BCUT2D eigenvalue weighted by atomic mass is 10.0. The van der Waals surface area contributed by atoms with Crippen LogP contribution in [0, 0.1) is 0 Å². The van der Waals surface area contributed by atoms with Crippen LogP contribution in [0.4, 0.5) is 4.79 Å². The second-order valence-electron chi connectivity index (χ2n) is 8.02. The number of aliphatic hydroxyl groups is 1. The predicted octanol–water partition coefficient (Wildman–Crippen LogP) is 1.36. The predicted molar refractivity (Wildman–Crippen MR) is 113 cm³/mol. The first-order valence-corrected chi connectivity index (χ1v) is 11.1. The normalized spacial score (nSPS) is 19.0. The van der Waals surface area contributed by atoms with E-state index in [1.165, 1.54) is 45.2 Å². The largest absolute Gasteiger partial charge is 0.478 e. The molecule has 2 unspecified atom stereocenters. The number of carboxylic acids is 1. The van der Waals surface area contributed by atoms with Crippen molar-refractivity contribution >= 4 is 27.7 Å². The Kier molecular flexibility index (Phi) is 5.60. The molecule has 1 fully saturated rings. The first-order valence-electron chi connectivity index (χ1n) is 9.60. The second kappa shape index (κ2) is 7.68. The van der Waals surface area contributed by atoms with E-state index < -0.39 is 44.3 Å². The number of rotatable bonds is 6. The van der Waals surface area contributed by atoms with E-state index in [1.807, 2.05) is 0 Å². The van der Waals surface area contributed by atoms with Crippen LogP contribution in [0.2, 0.25) is 0 Å². The van der Waals surface area contributed by atoms with Gasteiger partial charge in [0, 0.05) is 19.4 Å². The lowest BCUT2D eigenvalue weighted by Crippen LogP contribution is -2.65. The molecule has 2 heterocycles. The Morgan fingerprint density at radius 2 is 1.56 bits per heavy atom. The minimum absolute atomic E-state index is 0.114. The van der Waals surface area contributed by atoms with Gasteiger partial charge in [-0.25, -0.2) is 22.9 Å². The number of benzene rings is 1. The molecule has 1 saturated heterocycles. The summed E-state index contributed by atoms with van der Waals surface area (Å²) in [7, 11) is -3.22. The number of nitrogens with zero attached hydrogens (tertiary/aromatic N) is 3. The van der Waals surface area contributed by atoms with Crippen LogP contribution in [-0.2, 0) is 19.4 Å². The van der Waals surface area contributed by atoms with Crippen molar-refractivity contribution in [3.63, 3.8) is 0 Å². The Morgan fingerprint density at radius 1 is 1.06 bits per heavy atom. The van der Waals surface area contributed by atoms with Gasteiger partial charge >= 0.3 is 12.0 Å². The van der Waals surface area contributed by atoms with E-state index in [0.717, 1.165) is 17.4 Å². The maximum atomic E-state index is 13.2. The molecule has 1 aromatic heterocycles. The first-order chi connectivity index (χ1) is 14.8. The van der Waals surface area contributed by atoms with Gasteiger partial charge in [0.25, 0.3) is 11.6 Å². The molecule has 2 aromatic rings. The number of hydrogen-bond acceptors (Lipinski definition) is 7. The van der Waals surface area contributed by atoms with Crippen molar-refractivity contribution in [1.82, 2.24) is 14.8 Å². The molecule has 170 valence electrons. The molecule has 0 bridgehead atoms. The van der Waals surface area contributed by atoms with Crippen molar-refractivity contribution in [2.75, 3.05) is 7.05 Å². The topological polar surface area (TPSA) is 145 Å². The van der Waals surface area contributed by atoms with Crippen LogP contribution in [0.25, 0.3) is 11.1 Å². The van der Waals surface area contributed by atoms with Gasteiger partial charge in [0.2, 0.25) is 0 Å². The summed E-state index contributed by atoms with van der Waals surface area (Å²) < 4.78 is 26.5.